The minimum Gasteiger partial charge on any atom is -0.121 e. The van der Waals surface area contributed by atoms with E-state index in [9.17, 15) is 0 Å². The smallest absolute Gasteiger partial charge is 0.0167 e. The van der Waals surface area contributed by atoms with Gasteiger partial charge in [0.15, 0.2) is 0 Å². The summed E-state index contributed by atoms with van der Waals surface area (Å²) in [6.45, 7) is 8.42. The van der Waals surface area contributed by atoms with Gasteiger partial charge < -0.3 is 0 Å². The molecule has 1 aliphatic rings. The third-order valence-electron chi connectivity index (χ3n) is 4.98. The first kappa shape index (κ1) is 18.8. The van der Waals surface area contributed by atoms with E-state index in [4.69, 9.17) is 0 Å². The summed E-state index contributed by atoms with van der Waals surface area (Å²) in [6, 6.07) is 13.5. The maximum absolute atomic E-state index is 3.86. The summed E-state index contributed by atoms with van der Waals surface area (Å²) in [6.07, 6.45) is 14.4. The second-order valence-corrected chi connectivity index (χ2v) is 7.95. The molecule has 0 spiro atoms. The van der Waals surface area contributed by atoms with E-state index in [2.05, 4.69) is 81.1 Å². The van der Waals surface area contributed by atoms with Crippen molar-refractivity contribution in [2.45, 2.75) is 38.0 Å². The maximum Gasteiger partial charge on any atom is 0.0167 e. The zero-order valence-corrected chi connectivity index (χ0v) is 16.7. The van der Waals surface area contributed by atoms with Gasteiger partial charge in [-0.1, -0.05) is 87.6 Å². The zero-order valence-electron chi connectivity index (χ0n) is 15.9. The van der Waals surface area contributed by atoms with Crippen LogP contribution in [-0.4, -0.2) is 5.75 Å². The average molecular weight is 361 g/mol. The molecule has 0 N–H and O–H groups in total. The SMILES string of the molecule is C=C/C=C1/C=CCC(C)/C1=C/CSc1ccc(CCC)c2ccccc12. The summed E-state index contributed by atoms with van der Waals surface area (Å²) < 4.78 is 0. The van der Waals surface area contributed by atoms with Gasteiger partial charge in [0.25, 0.3) is 0 Å². The van der Waals surface area contributed by atoms with Gasteiger partial charge >= 0.3 is 0 Å². The van der Waals surface area contributed by atoms with Crippen molar-refractivity contribution in [1.29, 1.82) is 0 Å². The van der Waals surface area contributed by atoms with Gasteiger partial charge in [-0.15, -0.1) is 11.8 Å². The highest BCUT2D eigenvalue weighted by atomic mass is 32.2. The van der Waals surface area contributed by atoms with Gasteiger partial charge in [0.05, 0.1) is 0 Å². The summed E-state index contributed by atoms with van der Waals surface area (Å²) >= 11 is 1.94. The molecule has 134 valence electrons. The summed E-state index contributed by atoms with van der Waals surface area (Å²) in [4.78, 5) is 1.38. The van der Waals surface area contributed by atoms with Crippen molar-refractivity contribution in [2.24, 2.45) is 5.92 Å². The molecule has 1 heteroatoms. The minimum absolute atomic E-state index is 0.579. The molecule has 0 fully saturated rings. The predicted molar refractivity (Wildman–Crippen MR) is 118 cm³/mol. The van der Waals surface area contributed by atoms with Gasteiger partial charge in [-0.3, -0.25) is 0 Å². The number of hydrogen-bond donors (Lipinski definition) is 0. The summed E-state index contributed by atoms with van der Waals surface area (Å²) in [5.41, 5.74) is 4.22. The van der Waals surface area contributed by atoms with Gasteiger partial charge in [0, 0.05) is 10.6 Å². The fourth-order valence-corrected chi connectivity index (χ4v) is 4.61. The molecule has 0 heterocycles. The van der Waals surface area contributed by atoms with E-state index in [1.807, 2.05) is 17.8 Å². The van der Waals surface area contributed by atoms with Gasteiger partial charge in [-0.2, -0.15) is 0 Å². The normalized spacial score (nSPS) is 20.2. The van der Waals surface area contributed by atoms with Gasteiger partial charge in [0.1, 0.15) is 0 Å². The quantitative estimate of drug-likeness (QED) is 0.480. The average Bonchev–Trinajstić information content (AvgIpc) is 2.66. The molecule has 0 saturated heterocycles. The Bertz CT molecular complexity index is 867. The second-order valence-electron chi connectivity index (χ2n) is 6.89. The van der Waals surface area contributed by atoms with Gasteiger partial charge in [-0.05, 0) is 52.3 Å². The van der Waals surface area contributed by atoms with Crippen LogP contribution in [0.15, 0.2) is 89.4 Å². The number of rotatable bonds is 6. The Hall–Kier alpha value is -1.99. The van der Waals surface area contributed by atoms with Crippen molar-refractivity contribution in [2.75, 3.05) is 5.75 Å². The van der Waals surface area contributed by atoms with Crippen molar-refractivity contribution in [3.8, 4) is 0 Å². The van der Waals surface area contributed by atoms with Crippen LogP contribution in [0.1, 0.15) is 32.3 Å². The predicted octanol–water partition coefficient (Wildman–Crippen LogP) is 7.52. The third-order valence-corrected chi connectivity index (χ3v) is 5.98. The molecule has 0 radical (unpaired) electrons. The molecule has 1 unspecified atom stereocenters. The molecule has 0 bridgehead atoms. The van der Waals surface area contributed by atoms with Gasteiger partial charge in [-0.25, -0.2) is 0 Å². The molecular weight excluding hydrogens is 332 g/mol. The minimum atomic E-state index is 0.579. The van der Waals surface area contributed by atoms with Crippen LogP contribution < -0.4 is 0 Å². The topological polar surface area (TPSA) is 0 Å². The molecule has 0 nitrogen and oxygen atoms in total. The largest absolute Gasteiger partial charge is 0.121 e. The van der Waals surface area contributed by atoms with Crippen molar-refractivity contribution >= 4 is 22.5 Å². The van der Waals surface area contributed by atoms with Crippen molar-refractivity contribution < 1.29 is 0 Å². The number of thioether (sulfide) groups is 1. The molecule has 0 aromatic heterocycles. The van der Waals surface area contributed by atoms with Crippen LogP contribution in [0, 0.1) is 5.92 Å². The van der Waals surface area contributed by atoms with Crippen LogP contribution in [0.5, 0.6) is 0 Å². The van der Waals surface area contributed by atoms with Crippen molar-refractivity contribution in [3.63, 3.8) is 0 Å². The highest BCUT2D eigenvalue weighted by Crippen LogP contribution is 2.33. The molecule has 26 heavy (non-hydrogen) atoms. The molecule has 2 aromatic carbocycles. The number of aryl methyl sites for hydroxylation is 1. The second kappa shape index (κ2) is 9.09. The maximum atomic E-state index is 3.86. The first-order valence-corrected chi connectivity index (χ1v) is 10.6. The van der Waals surface area contributed by atoms with Crippen LogP contribution in [0.4, 0.5) is 0 Å². The molecular formula is C25H28S. The summed E-state index contributed by atoms with van der Waals surface area (Å²) in [5.74, 6) is 1.58. The Labute approximate surface area is 162 Å². The van der Waals surface area contributed by atoms with Crippen LogP contribution >= 0.6 is 11.8 Å². The highest BCUT2D eigenvalue weighted by molar-refractivity contribution is 7.99. The lowest BCUT2D eigenvalue weighted by Crippen LogP contribution is -2.05. The van der Waals surface area contributed by atoms with Gasteiger partial charge in [0.2, 0.25) is 0 Å². The highest BCUT2D eigenvalue weighted by Gasteiger charge is 2.14. The van der Waals surface area contributed by atoms with Crippen molar-refractivity contribution in [1.82, 2.24) is 0 Å². The fourth-order valence-electron chi connectivity index (χ4n) is 3.67. The molecule has 3 rings (SSSR count). The number of benzene rings is 2. The fraction of sp³-hybridized carbons (Fsp3) is 0.280. The zero-order chi connectivity index (χ0) is 18.4. The van der Waals surface area contributed by atoms with E-state index in [0.717, 1.165) is 18.6 Å². The molecule has 0 amide bonds. The number of allylic oxidation sites excluding steroid dienone is 6. The van der Waals surface area contributed by atoms with Crippen LogP contribution in [0.3, 0.4) is 0 Å². The molecule has 0 aliphatic heterocycles. The van der Waals surface area contributed by atoms with E-state index >= 15 is 0 Å². The lowest BCUT2D eigenvalue weighted by Gasteiger charge is -2.20. The van der Waals surface area contributed by atoms with E-state index < -0.39 is 0 Å². The first-order chi connectivity index (χ1) is 12.7. The van der Waals surface area contributed by atoms with E-state index in [1.54, 1.807) is 0 Å². The van der Waals surface area contributed by atoms with Crippen LogP contribution in [-0.2, 0) is 6.42 Å². The van der Waals surface area contributed by atoms with Crippen LogP contribution in [0.25, 0.3) is 10.8 Å². The first-order valence-electron chi connectivity index (χ1n) is 9.57. The third kappa shape index (κ3) is 4.22. The van der Waals surface area contributed by atoms with Crippen molar-refractivity contribution in [3.05, 3.63) is 90.1 Å². The molecule has 1 aliphatic carbocycles. The van der Waals surface area contributed by atoms with Crippen LogP contribution in [0.2, 0.25) is 0 Å². The lowest BCUT2D eigenvalue weighted by atomic mass is 9.86. The lowest BCUT2D eigenvalue weighted by molar-refractivity contribution is 0.692. The molecule has 2 aromatic rings. The Morgan fingerprint density at radius 3 is 2.73 bits per heavy atom. The molecule has 0 saturated carbocycles. The standard InChI is InChI=1S/C25H28S/c1-4-9-20-12-8-11-19(3)22(20)17-18-26-25-16-15-21(10-5-2)23-13-6-7-14-24(23)25/h4,6-9,12-17,19H,1,5,10-11,18H2,2-3H3/b20-9-,22-17-. The summed E-state index contributed by atoms with van der Waals surface area (Å²) in [5, 5.41) is 2.80. The number of fused-ring (bicyclic) bond motifs is 1. The Morgan fingerprint density at radius 2 is 1.96 bits per heavy atom. The molecule has 1 atom stereocenters. The Morgan fingerprint density at radius 1 is 1.15 bits per heavy atom. The summed E-state index contributed by atoms with van der Waals surface area (Å²) in [7, 11) is 0. The van der Waals surface area contributed by atoms with E-state index in [1.165, 1.54) is 38.8 Å². The Balaban J connectivity index is 1.84. The van der Waals surface area contributed by atoms with E-state index in [0.29, 0.717) is 5.92 Å². The number of hydrogen-bond acceptors (Lipinski definition) is 1. The monoisotopic (exact) mass is 360 g/mol. The van der Waals surface area contributed by atoms with E-state index in [-0.39, 0.29) is 0 Å². The Kier molecular flexibility index (Phi) is 6.57.